The van der Waals surface area contributed by atoms with Crippen LogP contribution in [0.2, 0.25) is 5.02 Å². The summed E-state index contributed by atoms with van der Waals surface area (Å²) < 4.78 is 24.2. The van der Waals surface area contributed by atoms with Crippen LogP contribution in [0.25, 0.3) is 0 Å². The van der Waals surface area contributed by atoms with Crippen molar-refractivity contribution in [2.45, 2.75) is 6.43 Å². The number of aromatic hydroxyl groups is 1. The van der Waals surface area contributed by atoms with Crippen molar-refractivity contribution < 1.29 is 13.9 Å². The third-order valence-electron chi connectivity index (χ3n) is 1.35. The van der Waals surface area contributed by atoms with E-state index in [2.05, 4.69) is 4.98 Å². The van der Waals surface area contributed by atoms with Crippen molar-refractivity contribution in [1.82, 2.24) is 4.98 Å². The second-order valence-corrected chi connectivity index (χ2v) is 2.51. The van der Waals surface area contributed by atoms with Crippen molar-refractivity contribution in [3.8, 4) is 11.8 Å². The van der Waals surface area contributed by atoms with E-state index in [9.17, 15) is 8.78 Å². The normalized spacial score (nSPS) is 10.1. The lowest BCUT2D eigenvalue weighted by atomic mass is 10.2. The molecule has 0 saturated carbocycles. The molecule has 1 aromatic heterocycles. The summed E-state index contributed by atoms with van der Waals surface area (Å²) in [5.74, 6) is -0.837. The molecule has 0 saturated heterocycles. The van der Waals surface area contributed by atoms with Gasteiger partial charge in [-0.05, 0) is 0 Å². The Morgan fingerprint density at radius 1 is 1.62 bits per heavy atom. The third kappa shape index (κ3) is 1.68. The van der Waals surface area contributed by atoms with Crippen LogP contribution in [0.15, 0.2) is 6.20 Å². The fourth-order valence-corrected chi connectivity index (χ4v) is 0.917. The monoisotopic (exact) mass is 204 g/mol. The number of halogens is 3. The molecule has 1 aromatic rings. The van der Waals surface area contributed by atoms with Gasteiger partial charge in [-0.2, -0.15) is 5.26 Å². The summed E-state index contributed by atoms with van der Waals surface area (Å²) in [6.07, 6.45) is -2.02. The molecular weight excluding hydrogens is 202 g/mol. The van der Waals surface area contributed by atoms with Gasteiger partial charge < -0.3 is 5.11 Å². The lowest BCUT2D eigenvalue weighted by Crippen LogP contribution is -1.93. The van der Waals surface area contributed by atoms with Crippen molar-refractivity contribution >= 4 is 11.6 Å². The van der Waals surface area contributed by atoms with E-state index in [1.54, 1.807) is 6.07 Å². The summed E-state index contributed by atoms with van der Waals surface area (Å²) in [6, 6.07) is 1.60. The number of hydrogen-bond acceptors (Lipinski definition) is 3. The molecule has 0 unspecified atom stereocenters. The van der Waals surface area contributed by atoms with Crippen LogP contribution in [0.4, 0.5) is 8.78 Å². The molecule has 1 rings (SSSR count). The molecule has 0 aromatic carbocycles. The molecule has 6 heteroatoms. The fraction of sp³-hybridized carbons (Fsp3) is 0.143. The topological polar surface area (TPSA) is 56.9 Å². The lowest BCUT2D eigenvalue weighted by molar-refractivity contribution is 0.142. The molecule has 1 heterocycles. The Morgan fingerprint density at radius 2 is 2.23 bits per heavy atom. The van der Waals surface area contributed by atoms with Crippen molar-refractivity contribution in [3.63, 3.8) is 0 Å². The molecule has 0 bridgehead atoms. The Morgan fingerprint density at radius 3 is 2.69 bits per heavy atom. The standard InChI is InChI=1S/C7H3ClF2N2O/c8-4-3(1-11)2-12-5(6(4)13)7(9)10/h2,7,13H. The van der Waals surface area contributed by atoms with Gasteiger partial charge in [0.25, 0.3) is 6.43 Å². The van der Waals surface area contributed by atoms with Gasteiger partial charge in [-0.25, -0.2) is 13.8 Å². The average molecular weight is 205 g/mol. The van der Waals surface area contributed by atoms with Gasteiger partial charge in [0.05, 0.1) is 5.56 Å². The first-order valence-corrected chi connectivity index (χ1v) is 3.51. The number of aromatic nitrogens is 1. The smallest absolute Gasteiger partial charge is 0.284 e. The van der Waals surface area contributed by atoms with Crippen LogP contribution in [0.5, 0.6) is 5.75 Å². The van der Waals surface area contributed by atoms with Crippen LogP contribution in [0.3, 0.4) is 0 Å². The molecule has 0 radical (unpaired) electrons. The molecule has 0 aliphatic rings. The summed E-state index contributed by atoms with van der Waals surface area (Å²) in [4.78, 5) is 3.20. The number of nitriles is 1. The number of pyridine rings is 1. The number of hydrogen-bond donors (Lipinski definition) is 1. The second kappa shape index (κ2) is 3.54. The first kappa shape index (κ1) is 9.68. The highest BCUT2D eigenvalue weighted by Gasteiger charge is 2.19. The molecule has 0 spiro atoms. The van der Waals surface area contributed by atoms with Crippen LogP contribution in [-0.4, -0.2) is 10.1 Å². The molecule has 0 fully saturated rings. The van der Waals surface area contributed by atoms with Crippen molar-refractivity contribution in [3.05, 3.63) is 22.5 Å². The van der Waals surface area contributed by atoms with E-state index in [-0.39, 0.29) is 5.56 Å². The van der Waals surface area contributed by atoms with Crippen LogP contribution >= 0.6 is 11.6 Å². The quantitative estimate of drug-likeness (QED) is 0.763. The van der Waals surface area contributed by atoms with E-state index in [0.29, 0.717) is 0 Å². The highest BCUT2D eigenvalue weighted by atomic mass is 35.5. The highest BCUT2D eigenvalue weighted by Crippen LogP contribution is 2.33. The highest BCUT2D eigenvalue weighted by molar-refractivity contribution is 6.33. The van der Waals surface area contributed by atoms with Crippen molar-refractivity contribution in [1.29, 1.82) is 5.26 Å². The molecule has 0 atom stereocenters. The van der Waals surface area contributed by atoms with E-state index in [1.165, 1.54) is 0 Å². The molecular formula is C7H3ClF2N2O. The number of rotatable bonds is 1. The van der Waals surface area contributed by atoms with E-state index < -0.39 is 22.9 Å². The summed E-state index contributed by atoms with van der Waals surface area (Å²) in [7, 11) is 0. The Labute approximate surface area is 77.2 Å². The predicted octanol–water partition coefficient (Wildman–Crippen LogP) is 2.25. The van der Waals surface area contributed by atoms with Gasteiger partial charge in [0.2, 0.25) is 0 Å². The Kier molecular flexibility index (Phi) is 2.63. The molecule has 3 nitrogen and oxygen atoms in total. The van der Waals surface area contributed by atoms with E-state index in [1.807, 2.05) is 0 Å². The van der Waals surface area contributed by atoms with Crippen molar-refractivity contribution in [2.24, 2.45) is 0 Å². The Bertz CT molecular complexity index is 375. The summed E-state index contributed by atoms with van der Waals surface area (Å²) in [5.41, 5.74) is -0.951. The molecule has 13 heavy (non-hydrogen) atoms. The number of nitrogens with zero attached hydrogens (tertiary/aromatic N) is 2. The SMILES string of the molecule is N#Cc1cnc(C(F)F)c(O)c1Cl. The minimum absolute atomic E-state index is 0.136. The van der Waals surface area contributed by atoms with Gasteiger partial charge in [-0.1, -0.05) is 11.6 Å². The summed E-state index contributed by atoms with van der Waals surface area (Å²) >= 11 is 5.40. The zero-order valence-electron chi connectivity index (χ0n) is 6.13. The maximum atomic E-state index is 12.1. The molecule has 0 amide bonds. The third-order valence-corrected chi connectivity index (χ3v) is 1.73. The van der Waals surface area contributed by atoms with E-state index in [4.69, 9.17) is 22.0 Å². The van der Waals surface area contributed by atoms with Crippen LogP contribution in [0, 0.1) is 11.3 Å². The van der Waals surface area contributed by atoms with Crippen LogP contribution < -0.4 is 0 Å². The minimum atomic E-state index is -2.91. The van der Waals surface area contributed by atoms with Gasteiger partial charge in [-0.3, -0.25) is 0 Å². The zero-order chi connectivity index (χ0) is 10.0. The first-order valence-electron chi connectivity index (χ1n) is 3.13. The largest absolute Gasteiger partial charge is 0.504 e. The Balaban J connectivity index is 3.33. The zero-order valence-corrected chi connectivity index (χ0v) is 6.89. The molecule has 68 valence electrons. The van der Waals surface area contributed by atoms with Gasteiger partial charge >= 0.3 is 0 Å². The summed E-state index contributed by atoms with van der Waals surface area (Å²) in [6.45, 7) is 0. The minimum Gasteiger partial charge on any atom is -0.504 e. The molecule has 1 N–H and O–H groups in total. The maximum Gasteiger partial charge on any atom is 0.284 e. The predicted molar refractivity (Wildman–Crippen MR) is 40.6 cm³/mol. The number of alkyl halides is 2. The molecule has 0 aliphatic carbocycles. The van der Waals surface area contributed by atoms with Crippen molar-refractivity contribution in [2.75, 3.05) is 0 Å². The summed E-state index contributed by atoms with van der Waals surface area (Å²) in [5, 5.41) is 17.1. The van der Waals surface area contributed by atoms with Gasteiger partial charge in [-0.15, -0.1) is 0 Å². The van der Waals surface area contributed by atoms with Gasteiger partial charge in [0.15, 0.2) is 5.75 Å². The van der Waals surface area contributed by atoms with E-state index >= 15 is 0 Å². The van der Waals surface area contributed by atoms with E-state index in [0.717, 1.165) is 6.20 Å². The van der Waals surface area contributed by atoms with Gasteiger partial charge in [0, 0.05) is 6.20 Å². The second-order valence-electron chi connectivity index (χ2n) is 2.13. The fourth-order valence-electron chi connectivity index (χ4n) is 0.730. The first-order chi connectivity index (χ1) is 6.07. The molecule has 0 aliphatic heterocycles. The maximum absolute atomic E-state index is 12.1. The van der Waals surface area contributed by atoms with Crippen LogP contribution in [-0.2, 0) is 0 Å². The van der Waals surface area contributed by atoms with Gasteiger partial charge in [0.1, 0.15) is 16.8 Å². The Hall–Kier alpha value is -1.41. The lowest BCUT2D eigenvalue weighted by Gasteiger charge is -2.04. The van der Waals surface area contributed by atoms with Crippen LogP contribution in [0.1, 0.15) is 17.7 Å². The average Bonchev–Trinajstić information content (AvgIpc) is 2.09.